The maximum Gasteiger partial charge on any atom is 0.191 e. The number of hydrogen-bond donors (Lipinski definition) is 2. The lowest BCUT2D eigenvalue weighted by Crippen LogP contribution is -2.38. The van der Waals surface area contributed by atoms with Crippen molar-refractivity contribution in [2.75, 3.05) is 26.8 Å². The highest BCUT2D eigenvalue weighted by atomic mass is 127. The number of aliphatic imine (C=N–C) groups is 1. The first-order valence-electron chi connectivity index (χ1n) is 6.12. The summed E-state index contributed by atoms with van der Waals surface area (Å²) in [6, 6.07) is 4.97. The van der Waals surface area contributed by atoms with E-state index in [1.807, 2.05) is 6.92 Å². The SMILES string of the molecule is CCNC(=NCc1ccc(Br)cc1F)NCCOC.I. The van der Waals surface area contributed by atoms with Gasteiger partial charge in [0.2, 0.25) is 0 Å². The van der Waals surface area contributed by atoms with Crippen molar-refractivity contribution in [2.45, 2.75) is 13.5 Å². The molecule has 0 heterocycles. The van der Waals surface area contributed by atoms with E-state index in [2.05, 4.69) is 31.6 Å². The Labute approximate surface area is 144 Å². The van der Waals surface area contributed by atoms with Crippen LogP contribution in [-0.4, -0.2) is 32.8 Å². The third kappa shape index (κ3) is 7.39. The monoisotopic (exact) mass is 459 g/mol. The minimum absolute atomic E-state index is 0. The van der Waals surface area contributed by atoms with Crippen LogP contribution >= 0.6 is 39.9 Å². The average molecular weight is 460 g/mol. The van der Waals surface area contributed by atoms with Crippen LogP contribution in [0.25, 0.3) is 0 Å². The van der Waals surface area contributed by atoms with Crippen LogP contribution in [0.2, 0.25) is 0 Å². The van der Waals surface area contributed by atoms with Crippen molar-refractivity contribution in [2.24, 2.45) is 4.99 Å². The van der Waals surface area contributed by atoms with Crippen LogP contribution in [0.3, 0.4) is 0 Å². The Morgan fingerprint density at radius 1 is 1.40 bits per heavy atom. The molecular formula is C13H20BrFIN3O. The molecule has 1 aromatic carbocycles. The van der Waals surface area contributed by atoms with E-state index in [0.717, 1.165) is 11.0 Å². The molecule has 2 N–H and O–H groups in total. The zero-order chi connectivity index (χ0) is 14.1. The van der Waals surface area contributed by atoms with Gasteiger partial charge in [0.15, 0.2) is 5.96 Å². The summed E-state index contributed by atoms with van der Waals surface area (Å²) < 4.78 is 19.3. The van der Waals surface area contributed by atoms with E-state index in [9.17, 15) is 4.39 Å². The number of hydrogen-bond acceptors (Lipinski definition) is 2. The second-order valence-electron chi connectivity index (χ2n) is 3.85. The highest BCUT2D eigenvalue weighted by Crippen LogP contribution is 2.15. The number of nitrogens with zero attached hydrogens (tertiary/aromatic N) is 1. The minimum atomic E-state index is -0.258. The second kappa shape index (κ2) is 11.3. The number of guanidine groups is 1. The molecule has 0 saturated heterocycles. The Morgan fingerprint density at radius 2 is 2.15 bits per heavy atom. The molecular weight excluding hydrogens is 440 g/mol. The van der Waals surface area contributed by atoms with Crippen molar-refractivity contribution in [3.05, 3.63) is 34.1 Å². The molecule has 0 aliphatic carbocycles. The summed E-state index contributed by atoms with van der Waals surface area (Å²) in [6.07, 6.45) is 0. The Kier molecular flexibility index (Phi) is 11.0. The van der Waals surface area contributed by atoms with Crippen molar-refractivity contribution in [1.29, 1.82) is 0 Å². The zero-order valence-corrected chi connectivity index (χ0v) is 15.5. The van der Waals surface area contributed by atoms with E-state index in [1.54, 1.807) is 19.2 Å². The van der Waals surface area contributed by atoms with Crippen molar-refractivity contribution < 1.29 is 9.13 Å². The van der Waals surface area contributed by atoms with Crippen LogP contribution < -0.4 is 10.6 Å². The molecule has 0 amide bonds. The van der Waals surface area contributed by atoms with Gasteiger partial charge in [0.1, 0.15) is 5.82 Å². The Bertz CT molecular complexity index is 432. The summed E-state index contributed by atoms with van der Waals surface area (Å²) in [6.45, 7) is 4.28. The molecule has 0 radical (unpaired) electrons. The molecule has 0 bridgehead atoms. The predicted octanol–water partition coefficient (Wildman–Crippen LogP) is 2.91. The summed E-state index contributed by atoms with van der Waals surface area (Å²) in [4.78, 5) is 4.33. The van der Waals surface area contributed by atoms with Crippen molar-refractivity contribution in [3.63, 3.8) is 0 Å². The highest BCUT2D eigenvalue weighted by Gasteiger charge is 2.03. The summed E-state index contributed by atoms with van der Waals surface area (Å²) in [5.41, 5.74) is 0.562. The summed E-state index contributed by atoms with van der Waals surface area (Å²) in [5.74, 6) is 0.396. The van der Waals surface area contributed by atoms with Gasteiger partial charge in [0.25, 0.3) is 0 Å². The normalized spacial score (nSPS) is 10.9. The van der Waals surface area contributed by atoms with E-state index in [4.69, 9.17) is 4.74 Å². The molecule has 7 heteroatoms. The summed E-state index contributed by atoms with van der Waals surface area (Å²) in [5, 5.41) is 6.20. The average Bonchev–Trinajstić information content (AvgIpc) is 2.37. The molecule has 0 fully saturated rings. The molecule has 0 saturated carbocycles. The quantitative estimate of drug-likeness (QED) is 0.297. The second-order valence-corrected chi connectivity index (χ2v) is 4.77. The lowest BCUT2D eigenvalue weighted by atomic mass is 10.2. The van der Waals surface area contributed by atoms with Gasteiger partial charge in [-0.2, -0.15) is 0 Å². The molecule has 1 rings (SSSR count). The summed E-state index contributed by atoms with van der Waals surface area (Å²) >= 11 is 3.23. The lowest BCUT2D eigenvalue weighted by molar-refractivity contribution is 0.203. The van der Waals surface area contributed by atoms with Crippen LogP contribution in [0, 0.1) is 5.82 Å². The lowest BCUT2D eigenvalue weighted by Gasteiger charge is -2.11. The Morgan fingerprint density at radius 3 is 2.75 bits per heavy atom. The maximum atomic E-state index is 13.6. The van der Waals surface area contributed by atoms with Gasteiger partial charge >= 0.3 is 0 Å². The molecule has 0 aromatic heterocycles. The number of nitrogens with one attached hydrogen (secondary N) is 2. The Hall–Kier alpha value is -0.410. The van der Waals surface area contributed by atoms with Crippen LogP contribution in [-0.2, 0) is 11.3 Å². The fourth-order valence-electron chi connectivity index (χ4n) is 1.43. The van der Waals surface area contributed by atoms with Gasteiger partial charge in [0, 0.05) is 30.2 Å². The van der Waals surface area contributed by atoms with Gasteiger partial charge in [-0.3, -0.25) is 0 Å². The zero-order valence-electron chi connectivity index (χ0n) is 11.6. The first-order chi connectivity index (χ1) is 9.17. The van der Waals surface area contributed by atoms with E-state index < -0.39 is 0 Å². The number of rotatable bonds is 6. The molecule has 114 valence electrons. The van der Waals surface area contributed by atoms with Crippen molar-refractivity contribution >= 4 is 45.9 Å². The van der Waals surface area contributed by atoms with E-state index in [-0.39, 0.29) is 29.8 Å². The highest BCUT2D eigenvalue weighted by molar-refractivity contribution is 14.0. The molecule has 0 atom stereocenters. The van der Waals surface area contributed by atoms with Gasteiger partial charge in [-0.15, -0.1) is 24.0 Å². The van der Waals surface area contributed by atoms with E-state index in [0.29, 0.717) is 31.2 Å². The van der Waals surface area contributed by atoms with Crippen LogP contribution in [0.4, 0.5) is 4.39 Å². The van der Waals surface area contributed by atoms with Gasteiger partial charge in [-0.25, -0.2) is 9.38 Å². The van der Waals surface area contributed by atoms with Crippen molar-refractivity contribution in [1.82, 2.24) is 10.6 Å². The maximum absolute atomic E-state index is 13.6. The number of halogens is 3. The molecule has 0 aliphatic heterocycles. The minimum Gasteiger partial charge on any atom is -0.383 e. The Balaban J connectivity index is 0.00000361. The van der Waals surface area contributed by atoms with Gasteiger partial charge in [0.05, 0.1) is 13.2 Å². The van der Waals surface area contributed by atoms with Gasteiger partial charge < -0.3 is 15.4 Å². The van der Waals surface area contributed by atoms with Crippen molar-refractivity contribution in [3.8, 4) is 0 Å². The number of methoxy groups -OCH3 is 1. The van der Waals surface area contributed by atoms with E-state index >= 15 is 0 Å². The molecule has 20 heavy (non-hydrogen) atoms. The topological polar surface area (TPSA) is 45.7 Å². The standard InChI is InChI=1S/C13H19BrFN3O.HI/c1-3-16-13(17-6-7-19-2)18-9-10-4-5-11(14)8-12(10)15;/h4-5,8H,3,6-7,9H2,1-2H3,(H2,16,17,18);1H. The third-order valence-corrected chi connectivity index (χ3v) is 2.86. The fraction of sp³-hybridized carbons (Fsp3) is 0.462. The van der Waals surface area contributed by atoms with Gasteiger partial charge in [-0.1, -0.05) is 22.0 Å². The molecule has 0 unspecified atom stereocenters. The molecule has 0 aliphatic rings. The number of benzene rings is 1. The first kappa shape index (κ1) is 19.6. The fourth-order valence-corrected chi connectivity index (χ4v) is 1.76. The van der Waals surface area contributed by atoms with Gasteiger partial charge in [-0.05, 0) is 19.1 Å². The molecule has 1 aromatic rings. The van der Waals surface area contributed by atoms with Crippen LogP contribution in [0.15, 0.2) is 27.7 Å². The third-order valence-electron chi connectivity index (χ3n) is 2.37. The van der Waals surface area contributed by atoms with Crippen LogP contribution in [0.1, 0.15) is 12.5 Å². The number of ether oxygens (including phenoxy) is 1. The predicted molar refractivity (Wildman–Crippen MR) is 94.2 cm³/mol. The molecule has 4 nitrogen and oxygen atoms in total. The molecule has 0 spiro atoms. The smallest absolute Gasteiger partial charge is 0.191 e. The summed E-state index contributed by atoms with van der Waals surface area (Å²) in [7, 11) is 1.64. The largest absolute Gasteiger partial charge is 0.383 e. The van der Waals surface area contributed by atoms with E-state index in [1.165, 1.54) is 6.07 Å². The van der Waals surface area contributed by atoms with Crippen LogP contribution in [0.5, 0.6) is 0 Å². The first-order valence-corrected chi connectivity index (χ1v) is 6.91.